The van der Waals surface area contributed by atoms with E-state index in [2.05, 4.69) is 22.0 Å². The van der Waals surface area contributed by atoms with E-state index < -0.39 is 0 Å². The van der Waals surface area contributed by atoms with E-state index >= 15 is 0 Å². The van der Waals surface area contributed by atoms with E-state index in [1.807, 2.05) is 12.1 Å². The van der Waals surface area contributed by atoms with Crippen molar-refractivity contribution in [3.63, 3.8) is 0 Å². The predicted octanol–water partition coefficient (Wildman–Crippen LogP) is 2.99. The summed E-state index contributed by atoms with van der Waals surface area (Å²) >= 11 is 0. The fourth-order valence-corrected chi connectivity index (χ4v) is 2.48. The smallest absolute Gasteiger partial charge is 0.124 e. The van der Waals surface area contributed by atoms with Crippen LogP contribution in [0.25, 0.3) is 0 Å². The fraction of sp³-hybridized carbons (Fsp3) is 0.278. The molecule has 0 aliphatic carbocycles. The number of nitrogens with zero attached hydrogens (tertiary/aromatic N) is 2. The molecule has 120 valence electrons. The Morgan fingerprint density at radius 1 is 1.13 bits per heavy atom. The lowest BCUT2D eigenvalue weighted by molar-refractivity contribution is 0.122. The van der Waals surface area contributed by atoms with Crippen LogP contribution in [0, 0.1) is 0 Å². The first-order valence-electron chi connectivity index (χ1n) is 7.60. The van der Waals surface area contributed by atoms with Gasteiger partial charge in [-0.3, -0.25) is 4.99 Å². The molecule has 0 amide bonds. The molecule has 1 aliphatic rings. The molecule has 0 bridgehead atoms. The molecule has 0 saturated carbocycles. The summed E-state index contributed by atoms with van der Waals surface area (Å²) in [5.41, 5.74) is 2.64. The molecule has 3 rings (SSSR count). The van der Waals surface area contributed by atoms with Crippen molar-refractivity contribution in [1.82, 2.24) is 0 Å². The third kappa shape index (κ3) is 3.81. The van der Waals surface area contributed by atoms with Gasteiger partial charge in [-0.25, -0.2) is 0 Å². The summed E-state index contributed by atoms with van der Waals surface area (Å²) < 4.78 is 10.5. The van der Waals surface area contributed by atoms with Crippen molar-refractivity contribution in [2.24, 2.45) is 4.99 Å². The zero-order valence-electron chi connectivity index (χ0n) is 13.1. The predicted molar refractivity (Wildman–Crippen MR) is 91.4 cm³/mol. The van der Waals surface area contributed by atoms with Gasteiger partial charge in [0, 0.05) is 30.6 Å². The molecule has 0 spiro atoms. The number of methoxy groups -OCH3 is 1. The van der Waals surface area contributed by atoms with Gasteiger partial charge in [-0.05, 0) is 42.5 Å². The van der Waals surface area contributed by atoms with Gasteiger partial charge >= 0.3 is 0 Å². The molecule has 23 heavy (non-hydrogen) atoms. The highest BCUT2D eigenvalue weighted by molar-refractivity contribution is 5.86. The average molecular weight is 312 g/mol. The number of anilines is 1. The lowest BCUT2D eigenvalue weighted by Crippen LogP contribution is -2.36. The van der Waals surface area contributed by atoms with Crippen LogP contribution in [0.2, 0.25) is 0 Å². The Hall–Kier alpha value is -2.53. The summed E-state index contributed by atoms with van der Waals surface area (Å²) in [5.74, 6) is 0.867. The van der Waals surface area contributed by atoms with Crippen LogP contribution in [0.15, 0.2) is 47.5 Å². The second-order valence-electron chi connectivity index (χ2n) is 5.30. The maximum atomic E-state index is 9.86. The second kappa shape index (κ2) is 7.15. The summed E-state index contributed by atoms with van der Waals surface area (Å²) in [7, 11) is 1.59. The highest BCUT2D eigenvalue weighted by Gasteiger charge is 2.10. The highest BCUT2D eigenvalue weighted by atomic mass is 16.5. The number of aliphatic imine (C=N–C) groups is 1. The lowest BCUT2D eigenvalue weighted by Gasteiger charge is -2.28. The molecular weight excluding hydrogens is 292 g/mol. The van der Waals surface area contributed by atoms with Crippen LogP contribution in [-0.4, -0.2) is 44.7 Å². The minimum absolute atomic E-state index is 0.180. The summed E-state index contributed by atoms with van der Waals surface area (Å²) in [6.45, 7) is 3.38. The van der Waals surface area contributed by atoms with E-state index in [0.29, 0.717) is 11.3 Å². The number of morpholine rings is 1. The van der Waals surface area contributed by atoms with Gasteiger partial charge in [-0.2, -0.15) is 0 Å². The van der Waals surface area contributed by atoms with Crippen molar-refractivity contribution in [3.05, 3.63) is 48.0 Å². The van der Waals surface area contributed by atoms with Crippen LogP contribution in [0.1, 0.15) is 5.56 Å². The maximum absolute atomic E-state index is 9.86. The van der Waals surface area contributed by atoms with Crippen molar-refractivity contribution in [1.29, 1.82) is 0 Å². The van der Waals surface area contributed by atoms with E-state index in [9.17, 15) is 5.11 Å². The number of hydrogen-bond donors (Lipinski definition) is 1. The topological polar surface area (TPSA) is 54.3 Å². The van der Waals surface area contributed by atoms with Gasteiger partial charge in [0.15, 0.2) is 0 Å². The van der Waals surface area contributed by atoms with Gasteiger partial charge in [0.05, 0.1) is 26.0 Å². The molecule has 1 heterocycles. The first kappa shape index (κ1) is 15.4. The number of hydrogen-bond acceptors (Lipinski definition) is 5. The van der Waals surface area contributed by atoms with Crippen molar-refractivity contribution < 1.29 is 14.6 Å². The van der Waals surface area contributed by atoms with Crippen molar-refractivity contribution >= 4 is 17.6 Å². The van der Waals surface area contributed by atoms with Gasteiger partial charge in [0.2, 0.25) is 0 Å². The Labute approximate surface area is 135 Å². The Balaban J connectivity index is 1.72. The summed E-state index contributed by atoms with van der Waals surface area (Å²) in [5, 5.41) is 9.86. The zero-order valence-corrected chi connectivity index (χ0v) is 13.1. The molecule has 0 atom stereocenters. The van der Waals surface area contributed by atoms with Gasteiger partial charge in [-0.15, -0.1) is 0 Å². The Bertz CT molecular complexity index is 677. The standard InChI is InChI=1S/C18H20N2O3/c1-22-17-6-7-18(21)14(12-17)13-19-15-2-4-16(5-3-15)20-8-10-23-11-9-20/h2-7,12-13,21H,8-11H2,1H3. The minimum atomic E-state index is 0.180. The third-order valence-electron chi connectivity index (χ3n) is 3.81. The number of benzene rings is 2. The molecule has 1 fully saturated rings. The maximum Gasteiger partial charge on any atom is 0.124 e. The first-order chi connectivity index (χ1) is 11.3. The van der Waals surface area contributed by atoms with Gasteiger partial charge in [0.25, 0.3) is 0 Å². The molecule has 0 radical (unpaired) electrons. The van der Waals surface area contributed by atoms with Crippen LogP contribution in [0.4, 0.5) is 11.4 Å². The largest absolute Gasteiger partial charge is 0.507 e. The molecule has 2 aromatic carbocycles. The molecule has 0 unspecified atom stereocenters. The Kier molecular flexibility index (Phi) is 4.78. The molecule has 5 heteroatoms. The van der Waals surface area contributed by atoms with Crippen molar-refractivity contribution in [3.8, 4) is 11.5 Å². The van der Waals surface area contributed by atoms with E-state index in [0.717, 1.165) is 32.0 Å². The molecule has 1 saturated heterocycles. The quantitative estimate of drug-likeness (QED) is 0.882. The summed E-state index contributed by atoms with van der Waals surface area (Å²) in [6.07, 6.45) is 1.64. The van der Waals surface area contributed by atoms with E-state index in [1.165, 1.54) is 5.69 Å². The van der Waals surface area contributed by atoms with Crippen LogP contribution in [0.3, 0.4) is 0 Å². The minimum Gasteiger partial charge on any atom is -0.507 e. The molecular formula is C18H20N2O3. The third-order valence-corrected chi connectivity index (χ3v) is 3.81. The zero-order chi connectivity index (χ0) is 16.1. The average Bonchev–Trinajstić information content (AvgIpc) is 2.62. The van der Waals surface area contributed by atoms with Gasteiger partial charge < -0.3 is 19.5 Å². The molecule has 1 aliphatic heterocycles. The molecule has 0 aromatic heterocycles. The summed E-state index contributed by atoms with van der Waals surface area (Å²) in [4.78, 5) is 6.71. The van der Waals surface area contributed by atoms with E-state index in [4.69, 9.17) is 9.47 Å². The fourth-order valence-electron chi connectivity index (χ4n) is 2.48. The number of phenols is 1. The number of ether oxygens (including phenoxy) is 2. The number of aromatic hydroxyl groups is 1. The second-order valence-corrected chi connectivity index (χ2v) is 5.30. The lowest BCUT2D eigenvalue weighted by atomic mass is 10.2. The number of rotatable bonds is 4. The van der Waals surface area contributed by atoms with Gasteiger partial charge in [0.1, 0.15) is 11.5 Å². The van der Waals surface area contributed by atoms with E-state index in [1.54, 1.807) is 31.5 Å². The van der Waals surface area contributed by atoms with Crippen LogP contribution in [0.5, 0.6) is 11.5 Å². The van der Waals surface area contributed by atoms with Crippen LogP contribution < -0.4 is 9.64 Å². The first-order valence-corrected chi connectivity index (χ1v) is 7.60. The normalized spacial score (nSPS) is 15.1. The van der Waals surface area contributed by atoms with Crippen molar-refractivity contribution in [2.45, 2.75) is 0 Å². The number of phenolic OH excluding ortho intramolecular Hbond substituents is 1. The van der Waals surface area contributed by atoms with Gasteiger partial charge in [-0.1, -0.05) is 0 Å². The van der Waals surface area contributed by atoms with Crippen LogP contribution >= 0.6 is 0 Å². The monoisotopic (exact) mass is 312 g/mol. The molecule has 2 aromatic rings. The summed E-state index contributed by atoms with van der Waals surface area (Å²) in [6, 6.07) is 13.1. The Morgan fingerprint density at radius 2 is 1.87 bits per heavy atom. The van der Waals surface area contributed by atoms with E-state index in [-0.39, 0.29) is 5.75 Å². The van der Waals surface area contributed by atoms with Crippen molar-refractivity contribution in [2.75, 3.05) is 38.3 Å². The van der Waals surface area contributed by atoms with Crippen LogP contribution in [-0.2, 0) is 4.74 Å². The Morgan fingerprint density at radius 3 is 2.57 bits per heavy atom. The molecule has 1 N–H and O–H groups in total. The highest BCUT2D eigenvalue weighted by Crippen LogP contribution is 2.24. The SMILES string of the molecule is COc1ccc(O)c(C=Nc2ccc(N3CCOCC3)cc2)c1. The molecule has 5 nitrogen and oxygen atoms in total.